The number of halogens is 1. The van der Waals surface area contributed by atoms with Gasteiger partial charge in [-0.3, -0.25) is 0 Å². The van der Waals surface area contributed by atoms with Gasteiger partial charge in [0, 0.05) is 19.6 Å². The van der Waals surface area contributed by atoms with Crippen LogP contribution in [-0.2, 0) is 6.54 Å². The summed E-state index contributed by atoms with van der Waals surface area (Å²) >= 11 is 1.75. The third-order valence-electron chi connectivity index (χ3n) is 4.60. The van der Waals surface area contributed by atoms with Gasteiger partial charge in [0.2, 0.25) is 0 Å². The Morgan fingerprint density at radius 2 is 2.05 bits per heavy atom. The normalized spacial score (nSPS) is 25.4. The average molecular weight is 419 g/mol. The van der Waals surface area contributed by atoms with Gasteiger partial charge < -0.3 is 10.2 Å². The Balaban J connectivity index is 0.00000161. The molecule has 1 saturated heterocycles. The van der Waals surface area contributed by atoms with Gasteiger partial charge in [-0.1, -0.05) is 12.8 Å². The van der Waals surface area contributed by atoms with Crippen molar-refractivity contribution in [1.82, 2.24) is 10.2 Å². The molecule has 1 N–H and O–H groups in total. The van der Waals surface area contributed by atoms with Crippen molar-refractivity contribution in [2.75, 3.05) is 19.6 Å². The molecule has 0 bridgehead atoms. The summed E-state index contributed by atoms with van der Waals surface area (Å²) in [5.41, 5.74) is 1.32. The van der Waals surface area contributed by atoms with Crippen molar-refractivity contribution < 1.29 is 0 Å². The van der Waals surface area contributed by atoms with Crippen LogP contribution in [0.1, 0.15) is 38.2 Å². The average Bonchev–Trinajstić information content (AvgIpc) is 3.12. The number of likely N-dealkylation sites (tertiary alicyclic amines) is 1. The summed E-state index contributed by atoms with van der Waals surface area (Å²) in [5, 5.41) is 7.79. The summed E-state index contributed by atoms with van der Waals surface area (Å²) in [6, 6.07) is 2.17. The minimum Gasteiger partial charge on any atom is -0.357 e. The van der Waals surface area contributed by atoms with Crippen LogP contribution in [0.3, 0.4) is 0 Å². The van der Waals surface area contributed by atoms with Crippen LogP contribution in [0.25, 0.3) is 0 Å². The van der Waals surface area contributed by atoms with Crippen molar-refractivity contribution >= 4 is 41.3 Å². The number of rotatable bonds is 3. The Morgan fingerprint density at radius 3 is 2.62 bits per heavy atom. The Morgan fingerprint density at radius 1 is 1.33 bits per heavy atom. The van der Waals surface area contributed by atoms with Crippen LogP contribution in [0.15, 0.2) is 21.8 Å². The Hall–Kier alpha value is -0.300. The lowest BCUT2D eigenvalue weighted by atomic mass is 9.82. The number of nitrogens with one attached hydrogen (secondary N) is 1. The molecule has 2 heterocycles. The van der Waals surface area contributed by atoms with Crippen LogP contribution in [0, 0.1) is 11.8 Å². The number of nitrogens with zero attached hydrogens (tertiary/aromatic N) is 2. The maximum Gasteiger partial charge on any atom is 0.194 e. The second kappa shape index (κ2) is 8.36. The van der Waals surface area contributed by atoms with Gasteiger partial charge in [0.05, 0.1) is 6.54 Å². The van der Waals surface area contributed by atoms with Crippen LogP contribution in [0.2, 0.25) is 0 Å². The lowest BCUT2D eigenvalue weighted by Crippen LogP contribution is -2.40. The number of fused-ring (bicyclic) bond motifs is 1. The van der Waals surface area contributed by atoms with Gasteiger partial charge >= 0.3 is 0 Å². The first-order chi connectivity index (χ1) is 9.86. The maximum atomic E-state index is 4.83. The molecule has 1 saturated carbocycles. The van der Waals surface area contributed by atoms with Gasteiger partial charge in [-0.05, 0) is 54.0 Å². The van der Waals surface area contributed by atoms with E-state index in [2.05, 4.69) is 34.0 Å². The van der Waals surface area contributed by atoms with E-state index < -0.39 is 0 Å². The minimum atomic E-state index is 0. The molecule has 1 aliphatic carbocycles. The first kappa shape index (κ1) is 17.1. The van der Waals surface area contributed by atoms with E-state index in [1.807, 2.05) is 0 Å². The van der Waals surface area contributed by atoms with Gasteiger partial charge in [0.1, 0.15) is 0 Å². The zero-order valence-electron chi connectivity index (χ0n) is 12.8. The summed E-state index contributed by atoms with van der Waals surface area (Å²) in [6.07, 6.45) is 5.70. The van der Waals surface area contributed by atoms with E-state index in [0.717, 1.165) is 30.9 Å². The lowest BCUT2D eigenvalue weighted by molar-refractivity contribution is 0.299. The molecule has 0 aromatic carbocycles. The standard InChI is InChI=1S/C16H25N3S.HI/c1-2-17-16(18-9-13-7-8-20-12-13)19-10-14-5-3-4-6-15(14)11-19;/h7-8,12,14-15H,2-6,9-11H2,1H3,(H,17,18);1H. The maximum absolute atomic E-state index is 4.83. The Bertz CT molecular complexity index is 432. The largest absolute Gasteiger partial charge is 0.357 e. The van der Waals surface area contributed by atoms with Crippen LogP contribution in [-0.4, -0.2) is 30.5 Å². The molecule has 21 heavy (non-hydrogen) atoms. The Kier molecular flexibility index (Phi) is 6.79. The smallest absolute Gasteiger partial charge is 0.194 e. The topological polar surface area (TPSA) is 27.6 Å². The van der Waals surface area contributed by atoms with E-state index in [-0.39, 0.29) is 24.0 Å². The van der Waals surface area contributed by atoms with Gasteiger partial charge in [0.25, 0.3) is 0 Å². The molecule has 0 spiro atoms. The molecule has 2 atom stereocenters. The Labute approximate surface area is 149 Å². The molecule has 1 aliphatic heterocycles. The van der Waals surface area contributed by atoms with Gasteiger partial charge in [-0.15, -0.1) is 24.0 Å². The highest BCUT2D eigenvalue weighted by molar-refractivity contribution is 14.0. The molecule has 2 fully saturated rings. The van der Waals surface area contributed by atoms with E-state index in [1.54, 1.807) is 11.3 Å². The van der Waals surface area contributed by atoms with Crippen molar-refractivity contribution in [1.29, 1.82) is 0 Å². The van der Waals surface area contributed by atoms with Gasteiger partial charge in [-0.2, -0.15) is 11.3 Å². The molecule has 1 aromatic rings. The summed E-state index contributed by atoms with van der Waals surface area (Å²) in [5.74, 6) is 2.94. The highest BCUT2D eigenvalue weighted by atomic mass is 127. The number of hydrogen-bond acceptors (Lipinski definition) is 2. The van der Waals surface area contributed by atoms with Crippen molar-refractivity contribution in [2.24, 2.45) is 16.8 Å². The molecule has 0 amide bonds. The highest BCUT2D eigenvalue weighted by Gasteiger charge is 2.35. The molecule has 1 aromatic heterocycles. The van der Waals surface area contributed by atoms with Crippen molar-refractivity contribution in [3.05, 3.63) is 22.4 Å². The molecular formula is C16H26IN3S. The summed E-state index contributed by atoms with van der Waals surface area (Å²) < 4.78 is 0. The van der Waals surface area contributed by atoms with Crippen molar-refractivity contribution in [3.63, 3.8) is 0 Å². The van der Waals surface area contributed by atoms with Crippen LogP contribution < -0.4 is 5.32 Å². The second-order valence-corrected chi connectivity index (χ2v) is 6.79. The summed E-state index contributed by atoms with van der Waals surface area (Å²) in [6.45, 7) is 6.33. The SMILES string of the molecule is CCNC(=NCc1ccsc1)N1CC2CCCCC2C1.I. The number of guanidine groups is 1. The molecule has 0 radical (unpaired) electrons. The van der Waals surface area contributed by atoms with Crippen molar-refractivity contribution in [3.8, 4) is 0 Å². The fourth-order valence-electron chi connectivity index (χ4n) is 3.55. The first-order valence-electron chi connectivity index (χ1n) is 7.91. The van der Waals surface area contributed by atoms with Gasteiger partial charge in [-0.25, -0.2) is 4.99 Å². The van der Waals surface area contributed by atoms with Crippen molar-refractivity contribution in [2.45, 2.75) is 39.2 Å². The number of aliphatic imine (C=N–C) groups is 1. The molecule has 3 nitrogen and oxygen atoms in total. The third-order valence-corrected chi connectivity index (χ3v) is 5.33. The predicted molar refractivity (Wildman–Crippen MR) is 102 cm³/mol. The fraction of sp³-hybridized carbons (Fsp3) is 0.688. The molecule has 2 aliphatic rings. The van der Waals surface area contributed by atoms with E-state index >= 15 is 0 Å². The summed E-state index contributed by atoms with van der Waals surface area (Å²) in [4.78, 5) is 7.33. The predicted octanol–water partition coefficient (Wildman–Crippen LogP) is 3.95. The van der Waals surface area contributed by atoms with Crippen LogP contribution in [0.4, 0.5) is 0 Å². The molecule has 3 rings (SSSR count). The van der Waals surface area contributed by atoms with E-state index in [4.69, 9.17) is 4.99 Å². The zero-order chi connectivity index (χ0) is 13.8. The molecule has 118 valence electrons. The van der Waals surface area contributed by atoms with E-state index in [9.17, 15) is 0 Å². The monoisotopic (exact) mass is 419 g/mol. The van der Waals surface area contributed by atoms with Gasteiger partial charge in [0.15, 0.2) is 5.96 Å². The minimum absolute atomic E-state index is 0. The zero-order valence-corrected chi connectivity index (χ0v) is 15.9. The fourth-order valence-corrected chi connectivity index (χ4v) is 4.21. The van der Waals surface area contributed by atoms with E-state index in [0.29, 0.717) is 0 Å². The van der Waals surface area contributed by atoms with Crippen LogP contribution in [0.5, 0.6) is 0 Å². The van der Waals surface area contributed by atoms with Crippen LogP contribution >= 0.6 is 35.3 Å². The quantitative estimate of drug-likeness (QED) is 0.457. The molecular weight excluding hydrogens is 393 g/mol. The first-order valence-corrected chi connectivity index (χ1v) is 8.85. The second-order valence-electron chi connectivity index (χ2n) is 6.01. The number of hydrogen-bond donors (Lipinski definition) is 1. The third kappa shape index (κ3) is 4.34. The molecule has 5 heteroatoms. The summed E-state index contributed by atoms with van der Waals surface area (Å²) in [7, 11) is 0. The number of thiophene rings is 1. The van der Waals surface area contributed by atoms with E-state index in [1.165, 1.54) is 44.3 Å². The highest BCUT2D eigenvalue weighted by Crippen LogP contribution is 2.35. The lowest BCUT2D eigenvalue weighted by Gasteiger charge is -2.22. The molecule has 2 unspecified atom stereocenters.